The molecule has 0 aliphatic carbocycles. The number of alkyl halides is 2. The molecule has 0 spiro atoms. The minimum absolute atomic E-state index is 0.0471. The summed E-state index contributed by atoms with van der Waals surface area (Å²) >= 11 is 5.85. The lowest BCUT2D eigenvalue weighted by Gasteiger charge is -2.35. The van der Waals surface area contributed by atoms with E-state index in [0.29, 0.717) is 19.5 Å². The van der Waals surface area contributed by atoms with Crippen LogP contribution in [0.1, 0.15) is 27.2 Å². The average Bonchev–Trinajstić information content (AvgIpc) is 3.43. The van der Waals surface area contributed by atoms with Crippen molar-refractivity contribution in [3.63, 3.8) is 0 Å². The van der Waals surface area contributed by atoms with Crippen LogP contribution in [0.4, 0.5) is 39.7 Å². The summed E-state index contributed by atoms with van der Waals surface area (Å²) in [4.78, 5) is 28.6. The number of hydrogen-bond acceptors (Lipinski definition) is 8. The summed E-state index contributed by atoms with van der Waals surface area (Å²) in [6.45, 7) is 2.90. The molecule has 4 heterocycles. The number of nitrogens with zero attached hydrogens (tertiary/aromatic N) is 5. The minimum Gasteiger partial charge on any atom is -0.444 e. The molecule has 1 amide bonds. The number of amides is 1. The third kappa shape index (κ3) is 4.94. The van der Waals surface area contributed by atoms with E-state index in [4.69, 9.17) is 16.3 Å². The van der Waals surface area contributed by atoms with Crippen LogP contribution in [0.5, 0.6) is 5.75 Å². The fourth-order valence-corrected chi connectivity index (χ4v) is 4.87. The van der Waals surface area contributed by atoms with E-state index in [1.54, 1.807) is 30.6 Å². The van der Waals surface area contributed by atoms with Gasteiger partial charge in [0, 0.05) is 19.2 Å². The first-order valence-corrected chi connectivity index (χ1v) is 12.1. The van der Waals surface area contributed by atoms with E-state index >= 15 is 4.39 Å². The number of anilines is 3. The molecule has 0 saturated carbocycles. The van der Waals surface area contributed by atoms with Crippen LogP contribution in [0.2, 0.25) is 5.02 Å². The van der Waals surface area contributed by atoms with Gasteiger partial charge in [0.15, 0.2) is 23.3 Å². The first-order chi connectivity index (χ1) is 17.9. The molecule has 2 aliphatic heterocycles. The van der Waals surface area contributed by atoms with Crippen LogP contribution in [-0.4, -0.2) is 63.3 Å². The second-order valence-corrected chi connectivity index (χ2v) is 10.3. The molecule has 9 nitrogen and oxygen atoms in total. The SMILES string of the molecule is CC(C)(C)OC(=O)N1C[C@@H]2C[C@H]1CN2c1nc2c(Nc3ccc(OC(F)F)c(Cl)c3F)ncnc2cc1F. The topological polar surface area (TPSA) is 92.7 Å². The summed E-state index contributed by atoms with van der Waals surface area (Å²) in [6.07, 6.45) is 1.36. The molecule has 2 aliphatic rings. The van der Waals surface area contributed by atoms with Crippen LogP contribution in [-0.2, 0) is 4.74 Å². The molecule has 2 saturated heterocycles. The maximum absolute atomic E-state index is 15.2. The molecule has 1 N–H and O–H groups in total. The van der Waals surface area contributed by atoms with Crippen molar-refractivity contribution in [2.75, 3.05) is 23.3 Å². The Morgan fingerprint density at radius 1 is 1.18 bits per heavy atom. The summed E-state index contributed by atoms with van der Waals surface area (Å²) in [5, 5.41) is 2.08. The summed E-state index contributed by atoms with van der Waals surface area (Å²) in [5.74, 6) is -2.08. The molecule has 3 aromatic rings. The molecule has 2 aromatic heterocycles. The molecule has 2 bridgehead atoms. The number of nitrogens with one attached hydrogen (secondary N) is 1. The average molecular weight is 555 g/mol. The Bertz CT molecular complexity index is 1410. The monoisotopic (exact) mass is 554 g/mol. The molecular formula is C24H23ClF4N6O3. The van der Waals surface area contributed by atoms with E-state index in [-0.39, 0.29) is 40.4 Å². The Hall–Kier alpha value is -3.61. The van der Waals surface area contributed by atoms with Crippen LogP contribution in [0.25, 0.3) is 11.0 Å². The Morgan fingerprint density at radius 2 is 1.95 bits per heavy atom. The zero-order valence-electron chi connectivity index (χ0n) is 20.5. The number of ether oxygens (including phenoxy) is 2. The normalized spacial score (nSPS) is 19.0. The number of hydrogen-bond donors (Lipinski definition) is 1. The zero-order valence-corrected chi connectivity index (χ0v) is 21.3. The lowest BCUT2D eigenvalue weighted by Crippen LogP contribution is -2.50. The van der Waals surface area contributed by atoms with Gasteiger partial charge in [-0.15, -0.1) is 0 Å². The predicted octanol–water partition coefficient (Wildman–Crippen LogP) is 5.50. The van der Waals surface area contributed by atoms with Gasteiger partial charge in [0.1, 0.15) is 28.2 Å². The molecule has 14 heteroatoms. The fourth-order valence-electron chi connectivity index (χ4n) is 4.66. The lowest BCUT2D eigenvalue weighted by atomic mass is 10.2. The van der Waals surface area contributed by atoms with Gasteiger partial charge in [0.2, 0.25) is 0 Å². The van der Waals surface area contributed by atoms with Gasteiger partial charge in [-0.25, -0.2) is 28.5 Å². The van der Waals surface area contributed by atoms with Gasteiger partial charge in [-0.2, -0.15) is 8.78 Å². The van der Waals surface area contributed by atoms with Gasteiger partial charge >= 0.3 is 12.7 Å². The van der Waals surface area contributed by atoms with Crippen LogP contribution < -0.4 is 15.0 Å². The maximum Gasteiger partial charge on any atom is 0.410 e. The summed E-state index contributed by atoms with van der Waals surface area (Å²) in [6, 6.07) is 3.10. The molecule has 2 fully saturated rings. The van der Waals surface area contributed by atoms with Gasteiger partial charge in [-0.05, 0) is 39.3 Å². The Balaban J connectivity index is 1.42. The van der Waals surface area contributed by atoms with Crippen LogP contribution in [0, 0.1) is 11.6 Å². The van der Waals surface area contributed by atoms with Crippen LogP contribution >= 0.6 is 11.6 Å². The number of benzene rings is 1. The quantitative estimate of drug-likeness (QED) is 0.413. The summed E-state index contributed by atoms with van der Waals surface area (Å²) in [5.41, 5.74) is -0.502. The predicted molar refractivity (Wildman–Crippen MR) is 131 cm³/mol. The highest BCUT2D eigenvalue weighted by Gasteiger charge is 2.47. The largest absolute Gasteiger partial charge is 0.444 e. The van der Waals surface area contributed by atoms with Gasteiger partial charge in [0.05, 0.1) is 23.3 Å². The molecule has 1 aromatic carbocycles. The number of pyridine rings is 1. The number of fused-ring (bicyclic) bond motifs is 3. The van der Waals surface area contributed by atoms with E-state index < -0.39 is 40.7 Å². The van der Waals surface area contributed by atoms with Crippen molar-refractivity contribution >= 4 is 46.1 Å². The van der Waals surface area contributed by atoms with E-state index in [9.17, 15) is 18.0 Å². The number of aromatic nitrogens is 3. The van der Waals surface area contributed by atoms with Gasteiger partial charge in [0.25, 0.3) is 0 Å². The zero-order chi connectivity index (χ0) is 27.4. The smallest absolute Gasteiger partial charge is 0.410 e. The van der Waals surface area contributed by atoms with Gasteiger partial charge in [-0.3, -0.25) is 0 Å². The van der Waals surface area contributed by atoms with Crippen LogP contribution in [0.15, 0.2) is 24.5 Å². The van der Waals surface area contributed by atoms with Crippen LogP contribution in [0.3, 0.4) is 0 Å². The number of carbonyl (C=O) groups is 1. The van der Waals surface area contributed by atoms with Crippen molar-refractivity contribution in [2.24, 2.45) is 0 Å². The maximum atomic E-state index is 15.2. The van der Waals surface area contributed by atoms with Crippen molar-refractivity contribution in [1.29, 1.82) is 0 Å². The molecule has 0 radical (unpaired) electrons. The number of rotatable bonds is 5. The molecular weight excluding hydrogens is 532 g/mol. The number of likely N-dealkylation sites (tertiary alicyclic amines) is 1. The Kier molecular flexibility index (Phi) is 6.58. The number of halogens is 5. The highest BCUT2D eigenvalue weighted by molar-refractivity contribution is 6.32. The number of carbonyl (C=O) groups excluding carboxylic acids is 1. The third-order valence-corrected chi connectivity index (χ3v) is 6.55. The van der Waals surface area contributed by atoms with E-state index in [1.165, 1.54) is 6.07 Å². The molecule has 0 unspecified atom stereocenters. The third-order valence-electron chi connectivity index (χ3n) is 6.20. The van der Waals surface area contributed by atoms with Crippen molar-refractivity contribution in [3.8, 4) is 5.75 Å². The minimum atomic E-state index is -3.17. The highest BCUT2D eigenvalue weighted by atomic mass is 35.5. The summed E-state index contributed by atoms with van der Waals surface area (Å²) in [7, 11) is 0. The number of piperazine rings is 1. The van der Waals surface area contributed by atoms with Crippen molar-refractivity contribution < 1.29 is 31.8 Å². The van der Waals surface area contributed by atoms with E-state index in [2.05, 4.69) is 25.0 Å². The second kappa shape index (κ2) is 9.61. The van der Waals surface area contributed by atoms with Crippen molar-refractivity contribution in [1.82, 2.24) is 19.9 Å². The molecule has 202 valence electrons. The highest BCUT2D eigenvalue weighted by Crippen LogP contribution is 2.38. The summed E-state index contributed by atoms with van der Waals surface area (Å²) < 4.78 is 64.7. The Morgan fingerprint density at radius 3 is 2.61 bits per heavy atom. The van der Waals surface area contributed by atoms with Crippen molar-refractivity contribution in [3.05, 3.63) is 41.2 Å². The molecule has 5 rings (SSSR count). The molecule has 38 heavy (non-hydrogen) atoms. The van der Waals surface area contributed by atoms with Gasteiger partial charge < -0.3 is 24.6 Å². The lowest BCUT2D eigenvalue weighted by molar-refractivity contribution is -0.0499. The van der Waals surface area contributed by atoms with E-state index in [0.717, 1.165) is 18.5 Å². The first kappa shape index (κ1) is 26.0. The standard InChI is InChI=1S/C24H23ClF4N6O3/c1-24(2,3)38-23(36)35-9-11-6-12(35)8-34(11)21-13(26)7-15-19(33-21)20(31-10-30-15)32-14-4-5-16(37-22(28)29)17(25)18(14)27/h4-5,7,10-12,22H,6,8-9H2,1-3H3,(H,30,31,32)/t11-,12-/m0/s1. The fraction of sp³-hybridized carbons (Fsp3) is 0.417. The van der Waals surface area contributed by atoms with Gasteiger partial charge in [-0.1, -0.05) is 11.6 Å². The van der Waals surface area contributed by atoms with Crippen molar-refractivity contribution in [2.45, 2.75) is 51.5 Å². The Labute approximate surface area is 219 Å². The second-order valence-electron chi connectivity index (χ2n) is 9.95. The van der Waals surface area contributed by atoms with E-state index in [1.807, 2.05) is 0 Å². The first-order valence-electron chi connectivity index (χ1n) is 11.7. The molecule has 2 atom stereocenters.